The van der Waals surface area contributed by atoms with Crippen molar-refractivity contribution in [1.29, 1.82) is 0 Å². The highest BCUT2D eigenvalue weighted by Crippen LogP contribution is 2.29. The van der Waals surface area contributed by atoms with Gasteiger partial charge >= 0.3 is 0 Å². The zero-order valence-corrected chi connectivity index (χ0v) is 21.2. The van der Waals surface area contributed by atoms with Crippen LogP contribution < -0.4 is 4.74 Å². The summed E-state index contributed by atoms with van der Waals surface area (Å²) in [5.41, 5.74) is 3.40. The number of rotatable bonds is 7. The van der Waals surface area contributed by atoms with Gasteiger partial charge < -0.3 is 14.6 Å². The number of hydrogen-bond donors (Lipinski definition) is 1. The average molecular weight is 507 g/mol. The molecule has 9 nitrogen and oxygen atoms in total. The Kier molecular flexibility index (Phi) is 8.14. The van der Waals surface area contributed by atoms with Gasteiger partial charge in [0.15, 0.2) is 5.52 Å². The Morgan fingerprint density at radius 2 is 1.91 bits per heavy atom. The number of hydrogen-bond acceptors (Lipinski definition) is 8. The van der Waals surface area contributed by atoms with Gasteiger partial charge in [-0.15, -0.1) is 0 Å². The Balaban J connectivity index is 0.00000324. The van der Waals surface area contributed by atoms with Crippen LogP contribution in [0.5, 0.6) is 5.88 Å². The van der Waals surface area contributed by atoms with E-state index < -0.39 is 16.1 Å². The number of sulfonamides is 1. The topological polar surface area (TPSA) is 115 Å². The van der Waals surface area contributed by atoms with Crippen LogP contribution >= 0.6 is 13.5 Å². The van der Waals surface area contributed by atoms with Crippen molar-refractivity contribution in [3.05, 3.63) is 48.3 Å². The molecule has 3 aromatic rings. The number of ether oxygens (including phenoxy) is 2. The van der Waals surface area contributed by atoms with Crippen LogP contribution in [0.4, 0.5) is 0 Å². The Labute approximate surface area is 206 Å². The van der Waals surface area contributed by atoms with E-state index in [-0.39, 0.29) is 38.7 Å². The Morgan fingerprint density at radius 3 is 2.59 bits per heavy atom. The minimum absolute atomic E-state index is 0. The third-order valence-electron chi connectivity index (χ3n) is 5.76. The summed E-state index contributed by atoms with van der Waals surface area (Å²) in [5.74, 6) is 0.315. The van der Waals surface area contributed by atoms with E-state index in [0.29, 0.717) is 35.8 Å². The van der Waals surface area contributed by atoms with Crippen molar-refractivity contribution < 1.29 is 23.0 Å². The number of morpholine rings is 1. The first-order chi connectivity index (χ1) is 15.7. The summed E-state index contributed by atoms with van der Waals surface area (Å²) in [6.45, 7) is 5.02. The van der Waals surface area contributed by atoms with E-state index in [2.05, 4.69) is 15.0 Å². The lowest BCUT2D eigenvalue weighted by Crippen LogP contribution is -2.47. The average Bonchev–Trinajstić information content (AvgIpc) is 2.82. The summed E-state index contributed by atoms with van der Waals surface area (Å²) in [6, 6.07) is 9.71. The highest BCUT2D eigenvalue weighted by molar-refractivity contribution is 7.88. The van der Waals surface area contributed by atoms with Crippen LogP contribution in [-0.2, 0) is 20.2 Å². The van der Waals surface area contributed by atoms with E-state index in [1.165, 1.54) is 10.6 Å². The molecule has 0 unspecified atom stereocenters. The summed E-state index contributed by atoms with van der Waals surface area (Å²) in [7, 11) is -3.29. The molecular weight excluding hydrogens is 476 g/mol. The smallest absolute Gasteiger partial charge is 0.242 e. The summed E-state index contributed by atoms with van der Waals surface area (Å²) in [5, 5.41) is 9.63. The van der Waals surface area contributed by atoms with Crippen molar-refractivity contribution in [2.75, 3.05) is 39.2 Å². The summed E-state index contributed by atoms with van der Waals surface area (Å²) in [6.07, 6.45) is 3.96. The summed E-state index contributed by atoms with van der Waals surface area (Å²) in [4.78, 5) is 13.4. The second kappa shape index (κ2) is 10.5. The predicted molar refractivity (Wildman–Crippen MR) is 135 cm³/mol. The van der Waals surface area contributed by atoms with Gasteiger partial charge in [-0.1, -0.05) is 38.1 Å². The molecule has 0 amide bonds. The third kappa shape index (κ3) is 5.84. The van der Waals surface area contributed by atoms with Gasteiger partial charge in [-0.05, 0) is 11.6 Å². The van der Waals surface area contributed by atoms with Gasteiger partial charge in [0.1, 0.15) is 12.7 Å². The lowest BCUT2D eigenvalue weighted by Gasteiger charge is -2.30. The fraction of sp³-hybridized carbons (Fsp3) is 0.435. The zero-order valence-electron chi connectivity index (χ0n) is 19.4. The summed E-state index contributed by atoms with van der Waals surface area (Å²) >= 11 is 0. The second-order valence-electron chi connectivity index (χ2n) is 8.78. The molecule has 11 heteroatoms. The number of aliphatic hydroxyl groups excluding tert-OH is 1. The largest absolute Gasteiger partial charge is 0.473 e. The number of pyridine rings is 1. The molecule has 1 N–H and O–H groups in total. The van der Waals surface area contributed by atoms with Crippen molar-refractivity contribution in [2.45, 2.75) is 25.4 Å². The highest BCUT2D eigenvalue weighted by Gasteiger charge is 2.27. The number of benzene rings is 1. The number of aromatic nitrogens is 3. The van der Waals surface area contributed by atoms with Gasteiger partial charge in [0.25, 0.3) is 0 Å². The first kappa shape index (κ1) is 26.3. The van der Waals surface area contributed by atoms with Gasteiger partial charge in [-0.2, -0.15) is 17.8 Å². The molecule has 1 aliphatic rings. The fourth-order valence-electron chi connectivity index (χ4n) is 3.64. The van der Waals surface area contributed by atoms with E-state index >= 15 is 0 Å². The van der Waals surface area contributed by atoms with E-state index in [1.807, 2.05) is 44.2 Å². The normalized spacial score (nSPS) is 17.4. The highest BCUT2D eigenvalue weighted by atomic mass is 32.2. The number of fused-ring (bicyclic) bond motifs is 1. The Morgan fingerprint density at radius 1 is 1.21 bits per heavy atom. The maximum atomic E-state index is 11.9. The molecule has 1 saturated heterocycles. The maximum Gasteiger partial charge on any atom is 0.242 e. The molecule has 1 aliphatic heterocycles. The lowest BCUT2D eigenvalue weighted by atomic mass is 9.85. The van der Waals surface area contributed by atoms with Gasteiger partial charge in [-0.25, -0.2) is 18.4 Å². The molecule has 0 bridgehead atoms. The molecule has 2 aromatic heterocycles. The Hall–Kier alpha value is -2.31. The van der Waals surface area contributed by atoms with Crippen LogP contribution in [0.1, 0.15) is 19.4 Å². The summed E-state index contributed by atoms with van der Waals surface area (Å²) < 4.78 is 36.8. The Bertz CT molecular complexity index is 1240. The lowest BCUT2D eigenvalue weighted by molar-refractivity contribution is -0.0252. The molecule has 1 aromatic carbocycles. The van der Waals surface area contributed by atoms with Crippen LogP contribution in [-0.4, -0.2) is 78.1 Å². The van der Waals surface area contributed by atoms with Crippen molar-refractivity contribution in [3.8, 4) is 17.1 Å². The van der Waals surface area contributed by atoms with E-state index in [9.17, 15) is 13.5 Å². The van der Waals surface area contributed by atoms with E-state index in [4.69, 9.17) is 9.47 Å². The van der Waals surface area contributed by atoms with Gasteiger partial charge in [-0.3, -0.25) is 4.98 Å². The number of nitrogens with zero attached hydrogens (tertiary/aromatic N) is 4. The molecular formula is C23H30N4O5S2. The quantitative estimate of drug-likeness (QED) is 0.518. The number of aliphatic hydroxyl groups is 1. The van der Waals surface area contributed by atoms with Crippen LogP contribution in [0.3, 0.4) is 0 Å². The predicted octanol–water partition coefficient (Wildman–Crippen LogP) is 2.11. The van der Waals surface area contributed by atoms with E-state index in [0.717, 1.165) is 11.1 Å². The van der Waals surface area contributed by atoms with Crippen LogP contribution in [0, 0.1) is 0 Å². The van der Waals surface area contributed by atoms with Crippen molar-refractivity contribution in [2.24, 2.45) is 0 Å². The van der Waals surface area contributed by atoms with Gasteiger partial charge in [0.2, 0.25) is 15.9 Å². The molecule has 3 heterocycles. The molecule has 0 spiro atoms. The standard InChI is InChI=1S/C23H28N4O5S.H2S/c1-23(2,15-28)17-6-4-16(5-7-17)19-12-20-21(25-9-8-24-20)22(26-19)32-14-18-13-27(10-11-31-18)33(3,29)30;/h4-9,12,18,28H,10-11,13-15H2,1-3H3;1H2/t18-;/m0./s1. The molecule has 1 fully saturated rings. The van der Waals surface area contributed by atoms with Crippen LogP contribution in [0.15, 0.2) is 42.7 Å². The molecule has 0 aliphatic carbocycles. The van der Waals surface area contributed by atoms with E-state index in [1.54, 1.807) is 12.4 Å². The third-order valence-corrected chi connectivity index (χ3v) is 7.03. The fourth-order valence-corrected chi connectivity index (χ4v) is 4.48. The van der Waals surface area contributed by atoms with Crippen LogP contribution in [0.25, 0.3) is 22.3 Å². The molecule has 1 atom stereocenters. The van der Waals surface area contributed by atoms with Gasteiger partial charge in [0, 0.05) is 36.5 Å². The molecule has 4 rings (SSSR count). The minimum atomic E-state index is -3.29. The van der Waals surface area contributed by atoms with Crippen LogP contribution in [0.2, 0.25) is 0 Å². The maximum absolute atomic E-state index is 11.9. The zero-order chi connectivity index (χ0) is 23.6. The first-order valence-electron chi connectivity index (χ1n) is 10.7. The second-order valence-corrected chi connectivity index (χ2v) is 10.8. The minimum Gasteiger partial charge on any atom is -0.473 e. The monoisotopic (exact) mass is 506 g/mol. The molecule has 184 valence electrons. The molecule has 34 heavy (non-hydrogen) atoms. The first-order valence-corrected chi connectivity index (χ1v) is 12.6. The van der Waals surface area contributed by atoms with Gasteiger partial charge in [0.05, 0.1) is 30.7 Å². The van der Waals surface area contributed by atoms with Crippen molar-refractivity contribution in [1.82, 2.24) is 19.3 Å². The van der Waals surface area contributed by atoms with Crippen molar-refractivity contribution in [3.63, 3.8) is 0 Å². The SMILES string of the molecule is CC(C)(CO)c1ccc(-c2cc3nccnc3c(OC[C@@H]3CN(S(C)(=O)=O)CCO3)n2)cc1.S. The molecule has 0 radical (unpaired) electrons. The molecule has 0 saturated carbocycles. The van der Waals surface area contributed by atoms with Crippen molar-refractivity contribution >= 4 is 34.6 Å².